The number of esters is 4. The average molecular weight is 1240 g/mol. The fraction of sp³-hybridized carbons (Fsp3) is 0.938. The van der Waals surface area contributed by atoms with Crippen LogP contribution in [0.3, 0.4) is 0 Å². The molecule has 0 aromatic carbocycles. The van der Waals surface area contributed by atoms with Crippen LogP contribution in [0.4, 0.5) is 0 Å². The van der Waals surface area contributed by atoms with E-state index in [1.54, 1.807) is 0 Å². The fourth-order valence-electron chi connectivity index (χ4n) is 9.64. The van der Waals surface area contributed by atoms with Gasteiger partial charge in [0.05, 0.1) is 26.4 Å². The molecule has 19 heteroatoms. The van der Waals surface area contributed by atoms with Crippen LogP contribution in [0.15, 0.2) is 0 Å². The van der Waals surface area contributed by atoms with Gasteiger partial charge in [-0.15, -0.1) is 0 Å². The van der Waals surface area contributed by atoms with Gasteiger partial charge >= 0.3 is 39.5 Å². The highest BCUT2D eigenvalue weighted by Gasteiger charge is 2.30. The Bertz CT molecular complexity index is 1650. The zero-order chi connectivity index (χ0) is 62.2. The van der Waals surface area contributed by atoms with E-state index in [4.69, 9.17) is 37.0 Å². The van der Waals surface area contributed by atoms with E-state index >= 15 is 0 Å². The van der Waals surface area contributed by atoms with Crippen LogP contribution >= 0.6 is 15.6 Å². The van der Waals surface area contributed by atoms with Crippen molar-refractivity contribution in [1.82, 2.24) is 0 Å². The fourth-order valence-corrected chi connectivity index (χ4v) is 11.2. The summed E-state index contributed by atoms with van der Waals surface area (Å²) in [4.78, 5) is 72.1. The smallest absolute Gasteiger partial charge is 0.462 e. The van der Waals surface area contributed by atoms with Gasteiger partial charge < -0.3 is 33.8 Å². The first kappa shape index (κ1) is 82.1. The SMILES string of the molecule is CCCCCCCCCCCC(=O)O[C@H](COC(=O)CCCCCCCCC)COP(=O)(O)OC[C@H](O)COP(=O)(O)OC[C@@H](COC(=O)CCCCCCCCCCCCC(C)CC)OC(=O)CCCCCCCCCCCCC(C)CC. The molecule has 0 amide bonds. The first-order chi connectivity index (χ1) is 40.4. The standard InChI is InChI=1S/C65H126O17P2/c1-7-11-13-15-17-22-31-37-43-49-64(69)81-60(53-75-62(67)47-41-35-27-16-14-12-8-2)55-79-83(71,72)77-51-59(66)52-78-84(73,74)80-56-61(82-65(70)50-44-38-32-26-21-19-24-29-34-40-46-58(6)10-4)54-76-63(68)48-42-36-30-25-20-18-23-28-33-39-45-57(5)9-3/h57-61,66H,7-56H2,1-6H3,(H,71,72)(H,73,74)/t57?,58?,59-,60+,61+/m0/s1. The Morgan fingerprint density at radius 2 is 0.571 bits per heavy atom. The van der Waals surface area contributed by atoms with E-state index in [2.05, 4.69) is 41.5 Å². The number of hydrogen-bond donors (Lipinski definition) is 3. The molecule has 0 aliphatic heterocycles. The van der Waals surface area contributed by atoms with Crippen LogP contribution < -0.4 is 0 Å². The average Bonchev–Trinajstić information content (AvgIpc) is 3.58. The van der Waals surface area contributed by atoms with Crippen LogP contribution in [0.1, 0.15) is 324 Å². The van der Waals surface area contributed by atoms with Gasteiger partial charge in [-0.3, -0.25) is 37.3 Å². The molecule has 17 nitrogen and oxygen atoms in total. The number of phosphoric ester groups is 2. The van der Waals surface area contributed by atoms with Crippen LogP contribution in [-0.2, 0) is 65.4 Å². The minimum atomic E-state index is -4.95. The van der Waals surface area contributed by atoms with E-state index in [1.165, 1.54) is 128 Å². The molecule has 0 rings (SSSR count). The van der Waals surface area contributed by atoms with Gasteiger partial charge in [-0.2, -0.15) is 0 Å². The van der Waals surface area contributed by atoms with Crippen LogP contribution in [0, 0.1) is 11.8 Å². The lowest BCUT2D eigenvalue weighted by Gasteiger charge is -2.21. The minimum absolute atomic E-state index is 0.105. The summed E-state index contributed by atoms with van der Waals surface area (Å²) >= 11 is 0. The third-order valence-electron chi connectivity index (χ3n) is 15.7. The van der Waals surface area contributed by atoms with Gasteiger partial charge in [0.2, 0.25) is 0 Å². The van der Waals surface area contributed by atoms with Crippen LogP contribution in [0.2, 0.25) is 0 Å². The summed E-state index contributed by atoms with van der Waals surface area (Å²) in [6, 6.07) is 0. The van der Waals surface area contributed by atoms with Gasteiger partial charge in [0.25, 0.3) is 0 Å². The maximum absolute atomic E-state index is 13.0. The topological polar surface area (TPSA) is 237 Å². The van der Waals surface area contributed by atoms with Crippen molar-refractivity contribution in [3.05, 3.63) is 0 Å². The number of unbranched alkanes of at least 4 members (excludes halogenated alkanes) is 32. The van der Waals surface area contributed by atoms with E-state index in [9.17, 15) is 43.2 Å². The Morgan fingerprint density at radius 1 is 0.333 bits per heavy atom. The van der Waals surface area contributed by atoms with Crippen molar-refractivity contribution in [2.75, 3.05) is 39.6 Å². The summed E-state index contributed by atoms with van der Waals surface area (Å²) in [5, 5.41) is 10.5. The number of hydrogen-bond acceptors (Lipinski definition) is 15. The molecule has 84 heavy (non-hydrogen) atoms. The normalized spacial score (nSPS) is 14.9. The molecular formula is C65H126O17P2. The van der Waals surface area contributed by atoms with Crippen LogP contribution in [0.5, 0.6) is 0 Å². The van der Waals surface area contributed by atoms with Crippen molar-refractivity contribution < 1.29 is 80.2 Å². The Hall–Kier alpha value is -1.94. The second-order valence-electron chi connectivity index (χ2n) is 24.0. The summed E-state index contributed by atoms with van der Waals surface area (Å²) < 4.78 is 67.9. The first-order valence-electron chi connectivity index (χ1n) is 34.1. The van der Waals surface area contributed by atoms with E-state index in [1.807, 2.05) is 0 Å². The molecule has 0 aromatic rings. The maximum Gasteiger partial charge on any atom is 0.472 e. The van der Waals surface area contributed by atoms with Gasteiger partial charge in [0.15, 0.2) is 12.2 Å². The Labute approximate surface area is 511 Å². The van der Waals surface area contributed by atoms with Gasteiger partial charge in [-0.1, -0.05) is 273 Å². The summed E-state index contributed by atoms with van der Waals surface area (Å²) in [5.74, 6) is -0.524. The van der Waals surface area contributed by atoms with Crippen LogP contribution in [-0.4, -0.2) is 96.7 Å². The molecule has 3 N–H and O–H groups in total. The molecule has 0 fully saturated rings. The van der Waals surface area contributed by atoms with Gasteiger partial charge in [-0.25, -0.2) is 9.13 Å². The first-order valence-corrected chi connectivity index (χ1v) is 37.1. The van der Waals surface area contributed by atoms with E-state index < -0.39 is 97.5 Å². The number of carbonyl (C=O) groups excluding carboxylic acids is 4. The molecule has 0 spiro atoms. The van der Waals surface area contributed by atoms with Crippen molar-refractivity contribution in [3.8, 4) is 0 Å². The summed E-state index contributed by atoms with van der Waals surface area (Å²) in [7, 11) is -9.88. The van der Waals surface area contributed by atoms with Gasteiger partial charge in [0, 0.05) is 25.7 Å². The van der Waals surface area contributed by atoms with E-state index in [-0.39, 0.29) is 25.7 Å². The number of carbonyl (C=O) groups is 4. The Morgan fingerprint density at radius 3 is 0.845 bits per heavy atom. The Kier molecular flexibility index (Phi) is 56.2. The van der Waals surface area contributed by atoms with Crippen molar-refractivity contribution >= 4 is 39.5 Å². The third kappa shape index (κ3) is 56.6. The predicted octanol–water partition coefficient (Wildman–Crippen LogP) is 18.0. The zero-order valence-electron chi connectivity index (χ0n) is 54.2. The number of ether oxygens (including phenoxy) is 4. The van der Waals surface area contributed by atoms with E-state index in [0.29, 0.717) is 25.7 Å². The van der Waals surface area contributed by atoms with Gasteiger partial charge in [-0.05, 0) is 37.5 Å². The highest BCUT2D eigenvalue weighted by atomic mass is 31.2. The second-order valence-corrected chi connectivity index (χ2v) is 26.9. The van der Waals surface area contributed by atoms with Gasteiger partial charge in [0.1, 0.15) is 19.3 Å². The number of phosphoric acid groups is 2. The molecule has 4 unspecified atom stereocenters. The molecule has 0 heterocycles. The number of rotatable bonds is 64. The molecular weight excluding hydrogens is 1110 g/mol. The molecule has 7 atom stereocenters. The largest absolute Gasteiger partial charge is 0.472 e. The maximum atomic E-state index is 13.0. The highest BCUT2D eigenvalue weighted by molar-refractivity contribution is 7.47. The molecule has 0 bridgehead atoms. The van der Waals surface area contributed by atoms with Crippen molar-refractivity contribution in [2.45, 2.75) is 342 Å². The monoisotopic (exact) mass is 1240 g/mol. The molecule has 0 saturated carbocycles. The molecule has 498 valence electrons. The Balaban J connectivity index is 5.22. The predicted molar refractivity (Wildman–Crippen MR) is 335 cm³/mol. The van der Waals surface area contributed by atoms with Crippen molar-refractivity contribution in [1.29, 1.82) is 0 Å². The zero-order valence-corrected chi connectivity index (χ0v) is 56.0. The highest BCUT2D eigenvalue weighted by Crippen LogP contribution is 2.45. The minimum Gasteiger partial charge on any atom is -0.462 e. The molecule has 0 aliphatic rings. The molecule has 0 radical (unpaired) electrons. The molecule has 0 saturated heterocycles. The number of aliphatic hydroxyl groups is 1. The third-order valence-corrected chi connectivity index (χ3v) is 17.6. The summed E-state index contributed by atoms with van der Waals surface area (Å²) in [6.07, 6.45) is 40.2. The quantitative estimate of drug-likeness (QED) is 0.0222. The second kappa shape index (κ2) is 57.5. The molecule has 0 aliphatic carbocycles. The van der Waals surface area contributed by atoms with Crippen LogP contribution in [0.25, 0.3) is 0 Å². The summed E-state index contributed by atoms with van der Waals surface area (Å²) in [6.45, 7) is 9.50. The lowest BCUT2D eigenvalue weighted by molar-refractivity contribution is -0.161. The lowest BCUT2D eigenvalue weighted by atomic mass is 9.99. The van der Waals surface area contributed by atoms with E-state index in [0.717, 1.165) is 115 Å². The summed E-state index contributed by atoms with van der Waals surface area (Å²) in [5.41, 5.74) is 0. The van der Waals surface area contributed by atoms with Crippen molar-refractivity contribution in [3.63, 3.8) is 0 Å². The van der Waals surface area contributed by atoms with Crippen molar-refractivity contribution in [2.24, 2.45) is 11.8 Å². The lowest BCUT2D eigenvalue weighted by Crippen LogP contribution is -2.30. The number of aliphatic hydroxyl groups excluding tert-OH is 1. The molecule has 0 aromatic heterocycles.